The van der Waals surface area contributed by atoms with Crippen molar-refractivity contribution in [2.24, 2.45) is 0 Å². The molecule has 1 aliphatic heterocycles. The van der Waals surface area contributed by atoms with Crippen molar-refractivity contribution in [3.8, 4) is 0 Å². The zero-order valence-electron chi connectivity index (χ0n) is 14.0. The Morgan fingerprint density at radius 2 is 2.04 bits per heavy atom. The lowest BCUT2D eigenvalue weighted by Crippen LogP contribution is -2.88. The molecule has 0 aliphatic carbocycles. The van der Waals surface area contributed by atoms with Crippen LogP contribution >= 0.6 is 0 Å². The summed E-state index contributed by atoms with van der Waals surface area (Å²) in [5.74, 6) is -0.134. The van der Waals surface area contributed by atoms with Crippen LogP contribution in [0.5, 0.6) is 0 Å². The van der Waals surface area contributed by atoms with E-state index in [0.29, 0.717) is 19.5 Å². The molecular formula is C17H25N4O3+. The third-order valence-corrected chi connectivity index (χ3v) is 4.11. The van der Waals surface area contributed by atoms with Gasteiger partial charge in [-0.2, -0.15) is 0 Å². The number of nitrogens with zero attached hydrogens (tertiary/aromatic N) is 1. The monoisotopic (exact) mass is 333 g/mol. The number of carbonyl (C=O) groups excluding carboxylic acids is 3. The van der Waals surface area contributed by atoms with E-state index in [2.05, 4.69) is 10.6 Å². The van der Waals surface area contributed by atoms with Gasteiger partial charge in [-0.3, -0.25) is 14.9 Å². The molecule has 24 heavy (non-hydrogen) atoms. The minimum absolute atomic E-state index is 0.215. The first-order valence-electron chi connectivity index (χ1n) is 8.30. The van der Waals surface area contributed by atoms with E-state index in [0.717, 1.165) is 24.9 Å². The molecule has 1 aliphatic rings. The van der Waals surface area contributed by atoms with Crippen LogP contribution in [0.25, 0.3) is 0 Å². The van der Waals surface area contributed by atoms with Gasteiger partial charge in [0.2, 0.25) is 5.91 Å². The highest BCUT2D eigenvalue weighted by Crippen LogP contribution is 2.10. The Bertz CT molecular complexity index is 576. The van der Waals surface area contributed by atoms with Gasteiger partial charge in [0.15, 0.2) is 6.04 Å². The molecule has 0 saturated carbocycles. The predicted octanol–water partition coefficient (Wildman–Crippen LogP) is -0.241. The van der Waals surface area contributed by atoms with Gasteiger partial charge in [-0.15, -0.1) is 0 Å². The summed E-state index contributed by atoms with van der Waals surface area (Å²) < 4.78 is 0. The van der Waals surface area contributed by atoms with Crippen molar-refractivity contribution in [2.45, 2.75) is 25.3 Å². The maximum Gasteiger partial charge on any atom is 0.321 e. The summed E-state index contributed by atoms with van der Waals surface area (Å²) in [4.78, 5) is 37.2. The summed E-state index contributed by atoms with van der Waals surface area (Å²) in [6.45, 7) is 2.25. The summed E-state index contributed by atoms with van der Waals surface area (Å²) in [6, 6.07) is 8.35. The van der Waals surface area contributed by atoms with Gasteiger partial charge in [0.25, 0.3) is 5.91 Å². The molecule has 0 bridgehead atoms. The van der Waals surface area contributed by atoms with Crippen molar-refractivity contribution >= 4 is 17.8 Å². The maximum absolute atomic E-state index is 12.3. The zero-order valence-corrected chi connectivity index (χ0v) is 14.0. The number of benzene rings is 1. The minimum Gasteiger partial charge on any atom is -0.342 e. The Kier molecular flexibility index (Phi) is 6.74. The van der Waals surface area contributed by atoms with E-state index in [1.54, 1.807) is 0 Å². The second kappa shape index (κ2) is 9.02. The predicted molar refractivity (Wildman–Crippen MR) is 89.0 cm³/mol. The molecule has 1 aromatic carbocycles. The van der Waals surface area contributed by atoms with E-state index in [9.17, 15) is 14.4 Å². The number of carbonyl (C=O) groups is 3. The van der Waals surface area contributed by atoms with Gasteiger partial charge in [0.05, 0.1) is 6.54 Å². The standard InChI is InChI=1S/C17H24N4O3/c1-18-17(24)20-16(23)15(13-7-3-2-4-8-13)19-10-6-12-21-11-5-9-14(21)22/h2-4,7-8,15,19H,5-6,9-12H2,1H3,(H2,18,20,23,24)/p+1/t15-/m0/s1. The molecule has 1 atom stereocenters. The summed E-state index contributed by atoms with van der Waals surface area (Å²) in [6.07, 6.45) is 2.39. The molecule has 0 unspecified atom stereocenters. The summed E-state index contributed by atoms with van der Waals surface area (Å²) >= 11 is 0. The third kappa shape index (κ3) is 5.06. The number of quaternary nitrogens is 1. The first-order valence-corrected chi connectivity index (χ1v) is 8.30. The van der Waals surface area contributed by atoms with Gasteiger partial charge in [-0.1, -0.05) is 30.3 Å². The quantitative estimate of drug-likeness (QED) is 0.601. The Hall–Kier alpha value is -2.41. The average Bonchev–Trinajstić information content (AvgIpc) is 3.00. The molecule has 4 amide bonds. The normalized spacial score (nSPS) is 15.2. The molecular weight excluding hydrogens is 308 g/mol. The summed E-state index contributed by atoms with van der Waals surface area (Å²) in [5, 5.41) is 6.63. The molecule has 0 aromatic heterocycles. The van der Waals surface area contributed by atoms with Gasteiger partial charge >= 0.3 is 6.03 Å². The number of hydrogen-bond donors (Lipinski definition) is 3. The van der Waals surface area contributed by atoms with Crippen LogP contribution < -0.4 is 16.0 Å². The molecule has 2 rings (SSSR count). The third-order valence-electron chi connectivity index (χ3n) is 4.11. The lowest BCUT2D eigenvalue weighted by molar-refractivity contribution is -0.683. The number of likely N-dealkylation sites (tertiary alicyclic amines) is 1. The van der Waals surface area contributed by atoms with Gasteiger partial charge < -0.3 is 15.5 Å². The Balaban J connectivity index is 1.89. The van der Waals surface area contributed by atoms with Gasteiger partial charge in [0, 0.05) is 38.5 Å². The number of nitrogens with one attached hydrogen (secondary N) is 2. The largest absolute Gasteiger partial charge is 0.342 e. The minimum atomic E-state index is -0.517. The van der Waals surface area contributed by atoms with E-state index < -0.39 is 12.1 Å². The van der Waals surface area contributed by atoms with Crippen LogP contribution in [0.15, 0.2) is 30.3 Å². The highest BCUT2D eigenvalue weighted by Gasteiger charge is 2.25. The highest BCUT2D eigenvalue weighted by atomic mass is 16.2. The second-order valence-corrected chi connectivity index (χ2v) is 5.82. The van der Waals surface area contributed by atoms with E-state index >= 15 is 0 Å². The molecule has 7 nitrogen and oxygen atoms in total. The first kappa shape index (κ1) is 17.9. The molecule has 1 fully saturated rings. The van der Waals surface area contributed by atoms with E-state index in [1.165, 1.54) is 7.05 Å². The number of amides is 4. The second-order valence-electron chi connectivity index (χ2n) is 5.82. The molecule has 1 aromatic rings. The SMILES string of the molecule is CNC(=O)NC(=O)[C@@H]([NH2+]CCCN1CCCC1=O)c1ccccc1. The fraction of sp³-hybridized carbons (Fsp3) is 0.471. The van der Waals surface area contributed by atoms with Crippen molar-refractivity contribution in [1.82, 2.24) is 15.5 Å². The molecule has 0 radical (unpaired) electrons. The topological polar surface area (TPSA) is 95.1 Å². The molecule has 0 spiro atoms. The van der Waals surface area contributed by atoms with Crippen LogP contribution in [0, 0.1) is 0 Å². The lowest BCUT2D eigenvalue weighted by Gasteiger charge is -2.17. The number of rotatable bonds is 7. The lowest BCUT2D eigenvalue weighted by atomic mass is 10.1. The van der Waals surface area contributed by atoms with E-state index in [4.69, 9.17) is 0 Å². The fourth-order valence-corrected chi connectivity index (χ4v) is 2.81. The van der Waals surface area contributed by atoms with Crippen molar-refractivity contribution in [3.63, 3.8) is 0 Å². The molecule has 1 saturated heterocycles. The van der Waals surface area contributed by atoms with Crippen molar-refractivity contribution < 1.29 is 19.7 Å². The van der Waals surface area contributed by atoms with Crippen LogP contribution in [0.3, 0.4) is 0 Å². The van der Waals surface area contributed by atoms with Crippen molar-refractivity contribution in [3.05, 3.63) is 35.9 Å². The Morgan fingerprint density at radius 3 is 2.67 bits per heavy atom. The molecule has 130 valence electrons. The maximum atomic E-state index is 12.3. The highest BCUT2D eigenvalue weighted by molar-refractivity contribution is 5.96. The summed E-state index contributed by atoms with van der Waals surface area (Å²) in [7, 11) is 1.47. The smallest absolute Gasteiger partial charge is 0.321 e. The average molecular weight is 333 g/mol. The van der Waals surface area contributed by atoms with Crippen LogP contribution in [-0.4, -0.2) is 49.4 Å². The van der Waals surface area contributed by atoms with Crippen LogP contribution in [0.1, 0.15) is 30.9 Å². The van der Waals surface area contributed by atoms with E-state index in [1.807, 2.05) is 40.5 Å². The van der Waals surface area contributed by atoms with Gasteiger partial charge in [-0.25, -0.2) is 4.79 Å². The fourth-order valence-electron chi connectivity index (χ4n) is 2.81. The number of nitrogens with two attached hydrogens (primary N) is 1. The number of urea groups is 1. The summed E-state index contributed by atoms with van der Waals surface area (Å²) in [5.41, 5.74) is 0.844. The van der Waals surface area contributed by atoms with Crippen LogP contribution in [0.2, 0.25) is 0 Å². The number of hydrogen-bond acceptors (Lipinski definition) is 3. The van der Waals surface area contributed by atoms with Crippen LogP contribution in [-0.2, 0) is 9.59 Å². The Labute approximate surface area is 141 Å². The Morgan fingerprint density at radius 1 is 1.29 bits per heavy atom. The van der Waals surface area contributed by atoms with Crippen LogP contribution in [0.4, 0.5) is 4.79 Å². The number of imide groups is 1. The molecule has 7 heteroatoms. The van der Waals surface area contributed by atoms with Crippen molar-refractivity contribution in [2.75, 3.05) is 26.7 Å². The van der Waals surface area contributed by atoms with E-state index in [-0.39, 0.29) is 11.8 Å². The zero-order chi connectivity index (χ0) is 17.4. The first-order chi connectivity index (χ1) is 11.6. The van der Waals surface area contributed by atoms with Gasteiger partial charge in [-0.05, 0) is 6.42 Å². The molecule has 4 N–H and O–H groups in total. The van der Waals surface area contributed by atoms with Crippen molar-refractivity contribution in [1.29, 1.82) is 0 Å². The van der Waals surface area contributed by atoms with Gasteiger partial charge in [0.1, 0.15) is 0 Å². The molecule has 1 heterocycles.